The first-order valence-electron chi connectivity index (χ1n) is 10.1. The molecule has 9 heteroatoms. The summed E-state index contributed by atoms with van der Waals surface area (Å²) >= 11 is 5.83. The molecule has 2 aromatic heterocycles. The molecule has 4 rings (SSSR count). The van der Waals surface area contributed by atoms with Gasteiger partial charge < -0.3 is 15.5 Å². The van der Waals surface area contributed by atoms with Gasteiger partial charge >= 0.3 is 6.03 Å². The minimum Gasteiger partial charge on any atom is -0.324 e. The highest BCUT2D eigenvalue weighted by molar-refractivity contribution is 6.30. The molecule has 0 bridgehead atoms. The Morgan fingerprint density at radius 3 is 2.68 bits per heavy atom. The van der Waals surface area contributed by atoms with Gasteiger partial charge in [0.25, 0.3) is 0 Å². The molecular formula is C22H23ClN6O2. The van der Waals surface area contributed by atoms with E-state index < -0.39 is 0 Å². The third-order valence-electron chi connectivity index (χ3n) is 5.22. The van der Waals surface area contributed by atoms with E-state index in [1.54, 1.807) is 27.9 Å². The Morgan fingerprint density at radius 1 is 1.13 bits per heavy atom. The molecule has 3 heterocycles. The molecule has 3 amide bonds. The number of pyridine rings is 1. The molecule has 8 nitrogen and oxygen atoms in total. The third-order valence-corrected chi connectivity index (χ3v) is 5.44. The molecular weight excluding hydrogens is 416 g/mol. The van der Waals surface area contributed by atoms with E-state index in [9.17, 15) is 9.59 Å². The van der Waals surface area contributed by atoms with E-state index in [1.165, 1.54) is 6.20 Å². The summed E-state index contributed by atoms with van der Waals surface area (Å²) in [5.41, 5.74) is 2.28. The number of hydrogen-bond acceptors (Lipinski definition) is 4. The lowest BCUT2D eigenvalue weighted by Gasteiger charge is -2.31. The number of likely N-dealkylation sites (tertiary alicyclic amines) is 1. The van der Waals surface area contributed by atoms with Gasteiger partial charge in [-0.3, -0.25) is 4.79 Å². The molecule has 1 saturated heterocycles. The highest BCUT2D eigenvalue weighted by Gasteiger charge is 2.29. The number of hydrogen-bond donors (Lipinski definition) is 2. The molecule has 1 aliphatic rings. The zero-order valence-corrected chi connectivity index (χ0v) is 17.8. The van der Waals surface area contributed by atoms with E-state index in [2.05, 4.69) is 20.7 Å². The van der Waals surface area contributed by atoms with Crippen molar-refractivity contribution in [3.8, 4) is 5.69 Å². The maximum Gasteiger partial charge on any atom is 0.321 e. The number of amides is 3. The molecule has 1 aromatic carbocycles. The molecule has 1 fully saturated rings. The summed E-state index contributed by atoms with van der Waals surface area (Å²) < 4.78 is 1.73. The first kappa shape index (κ1) is 20.9. The number of carbonyl (C=O) groups is 2. The smallest absolute Gasteiger partial charge is 0.321 e. The number of carbonyl (C=O) groups excluding carboxylic acids is 2. The monoisotopic (exact) mass is 438 g/mol. The van der Waals surface area contributed by atoms with Gasteiger partial charge in [-0.05, 0) is 44.0 Å². The van der Waals surface area contributed by atoms with Gasteiger partial charge in [-0.1, -0.05) is 29.8 Å². The first-order chi connectivity index (χ1) is 15.0. The number of aryl methyl sites for hydroxylation is 1. The van der Waals surface area contributed by atoms with Gasteiger partial charge in [-0.25, -0.2) is 14.5 Å². The summed E-state index contributed by atoms with van der Waals surface area (Å²) in [4.78, 5) is 31.2. The van der Waals surface area contributed by atoms with Crippen molar-refractivity contribution in [3.63, 3.8) is 0 Å². The van der Waals surface area contributed by atoms with Crippen molar-refractivity contribution in [1.29, 1.82) is 0 Å². The zero-order chi connectivity index (χ0) is 21.8. The second-order valence-corrected chi connectivity index (χ2v) is 7.91. The number of anilines is 2. The van der Waals surface area contributed by atoms with Crippen LogP contribution in [0.5, 0.6) is 0 Å². The number of aromatic nitrogens is 3. The number of benzene rings is 1. The molecule has 3 aromatic rings. The minimum absolute atomic E-state index is 0.152. The highest BCUT2D eigenvalue weighted by Crippen LogP contribution is 2.21. The second kappa shape index (κ2) is 9.18. The van der Waals surface area contributed by atoms with E-state index in [0.717, 1.165) is 17.8 Å². The van der Waals surface area contributed by atoms with Crippen LogP contribution >= 0.6 is 11.6 Å². The Labute approximate surface area is 185 Å². The average Bonchev–Trinajstić information content (AvgIpc) is 3.16. The number of urea groups is 1. The summed E-state index contributed by atoms with van der Waals surface area (Å²) in [6, 6.07) is 12.8. The van der Waals surface area contributed by atoms with Crippen LogP contribution < -0.4 is 10.6 Å². The van der Waals surface area contributed by atoms with Crippen molar-refractivity contribution in [2.24, 2.45) is 5.92 Å². The van der Waals surface area contributed by atoms with Crippen molar-refractivity contribution in [2.45, 2.75) is 19.8 Å². The molecule has 1 atom stereocenters. The van der Waals surface area contributed by atoms with Gasteiger partial charge in [0.2, 0.25) is 5.91 Å². The number of nitrogens with one attached hydrogen (secondary N) is 2. The third kappa shape index (κ3) is 5.03. The normalized spacial score (nSPS) is 16.1. The summed E-state index contributed by atoms with van der Waals surface area (Å²) in [6.07, 6.45) is 4.74. The summed E-state index contributed by atoms with van der Waals surface area (Å²) in [6.45, 7) is 2.79. The molecule has 0 spiro atoms. The van der Waals surface area contributed by atoms with E-state index in [-0.39, 0.29) is 17.9 Å². The van der Waals surface area contributed by atoms with Gasteiger partial charge in [0.1, 0.15) is 5.82 Å². The summed E-state index contributed by atoms with van der Waals surface area (Å²) in [5.74, 6) is -0.00885. The molecule has 1 aliphatic heterocycles. The Bertz CT molecular complexity index is 1070. The number of nitrogens with zero attached hydrogens (tertiary/aromatic N) is 4. The van der Waals surface area contributed by atoms with Gasteiger partial charge in [0.15, 0.2) is 0 Å². The summed E-state index contributed by atoms with van der Waals surface area (Å²) in [7, 11) is 0. The zero-order valence-electron chi connectivity index (χ0n) is 17.1. The lowest BCUT2D eigenvalue weighted by molar-refractivity contribution is -0.121. The van der Waals surface area contributed by atoms with Crippen LogP contribution in [0.15, 0.2) is 54.9 Å². The fourth-order valence-electron chi connectivity index (χ4n) is 3.54. The van der Waals surface area contributed by atoms with Crippen LogP contribution in [0.3, 0.4) is 0 Å². The van der Waals surface area contributed by atoms with Crippen LogP contribution in [-0.4, -0.2) is 44.7 Å². The van der Waals surface area contributed by atoms with Gasteiger partial charge in [0, 0.05) is 19.3 Å². The van der Waals surface area contributed by atoms with Gasteiger partial charge in [-0.2, -0.15) is 5.10 Å². The van der Waals surface area contributed by atoms with Crippen LogP contribution in [0, 0.1) is 12.8 Å². The molecule has 2 N–H and O–H groups in total. The molecule has 160 valence electrons. The maximum atomic E-state index is 12.8. The maximum absolute atomic E-state index is 12.8. The topological polar surface area (TPSA) is 92.2 Å². The minimum atomic E-state index is -0.301. The Hall–Kier alpha value is -3.39. The first-order valence-corrected chi connectivity index (χ1v) is 10.5. The predicted molar refractivity (Wildman–Crippen MR) is 119 cm³/mol. The van der Waals surface area contributed by atoms with Gasteiger partial charge in [-0.15, -0.1) is 0 Å². The van der Waals surface area contributed by atoms with Crippen LogP contribution in [0.25, 0.3) is 5.69 Å². The SMILES string of the molecule is Cc1nn(-c2ccccc2)cc1NC(=O)N1CCCC(C(=O)Nc2ccc(Cl)cn2)C1. The molecule has 0 saturated carbocycles. The number of piperidine rings is 1. The number of para-hydroxylation sites is 1. The molecule has 0 aliphatic carbocycles. The fraction of sp³-hybridized carbons (Fsp3) is 0.273. The van der Waals surface area contributed by atoms with Crippen LogP contribution in [0.1, 0.15) is 18.5 Å². The Kier molecular flexibility index (Phi) is 6.18. The quantitative estimate of drug-likeness (QED) is 0.641. The van der Waals surface area contributed by atoms with Gasteiger partial charge in [0.05, 0.1) is 34.2 Å². The van der Waals surface area contributed by atoms with Crippen molar-refractivity contribution in [1.82, 2.24) is 19.7 Å². The van der Waals surface area contributed by atoms with Crippen molar-refractivity contribution in [3.05, 3.63) is 65.6 Å². The highest BCUT2D eigenvalue weighted by atomic mass is 35.5. The standard InChI is InChI=1S/C22H23ClN6O2/c1-15-19(14-29(27-15)18-7-3-2-4-8-18)25-22(31)28-11-5-6-16(13-28)21(30)26-20-10-9-17(23)12-24-20/h2-4,7-10,12,14,16H,5-6,11,13H2,1H3,(H,25,31)(H,24,26,30). The average molecular weight is 439 g/mol. The number of rotatable bonds is 4. The molecule has 0 radical (unpaired) electrons. The lowest BCUT2D eigenvalue weighted by atomic mass is 9.97. The van der Waals surface area contributed by atoms with Crippen molar-refractivity contribution < 1.29 is 9.59 Å². The second-order valence-electron chi connectivity index (χ2n) is 7.47. The Morgan fingerprint density at radius 2 is 1.94 bits per heavy atom. The van der Waals surface area contributed by atoms with E-state index in [0.29, 0.717) is 36.0 Å². The van der Waals surface area contributed by atoms with E-state index in [1.807, 2.05) is 37.3 Å². The Balaban J connectivity index is 1.38. The van der Waals surface area contributed by atoms with Crippen LogP contribution in [0.2, 0.25) is 5.02 Å². The predicted octanol–water partition coefficient (Wildman–Crippen LogP) is 4.11. The molecule has 1 unspecified atom stereocenters. The fourth-order valence-corrected chi connectivity index (χ4v) is 3.66. The van der Waals surface area contributed by atoms with Crippen LogP contribution in [-0.2, 0) is 4.79 Å². The largest absolute Gasteiger partial charge is 0.324 e. The van der Waals surface area contributed by atoms with E-state index in [4.69, 9.17) is 11.6 Å². The van der Waals surface area contributed by atoms with Crippen LogP contribution in [0.4, 0.5) is 16.3 Å². The lowest BCUT2D eigenvalue weighted by Crippen LogP contribution is -2.45. The number of halogens is 1. The van der Waals surface area contributed by atoms with Crippen molar-refractivity contribution >= 4 is 35.0 Å². The van der Waals surface area contributed by atoms with Crippen molar-refractivity contribution in [2.75, 3.05) is 23.7 Å². The summed E-state index contributed by atoms with van der Waals surface area (Å²) in [5, 5.41) is 10.7. The van der Waals surface area contributed by atoms with E-state index >= 15 is 0 Å². The molecule has 31 heavy (non-hydrogen) atoms.